The maximum atomic E-state index is 12.7. The van der Waals surface area contributed by atoms with Crippen molar-refractivity contribution in [2.24, 2.45) is 0 Å². The van der Waals surface area contributed by atoms with E-state index in [9.17, 15) is 9.59 Å². The monoisotopic (exact) mass is 472 g/mol. The van der Waals surface area contributed by atoms with Crippen LogP contribution in [0.1, 0.15) is 10.4 Å². The van der Waals surface area contributed by atoms with Gasteiger partial charge in [-0.2, -0.15) is 0 Å². The normalized spacial score (nSPS) is 10.5. The Morgan fingerprint density at radius 2 is 1.50 bits per heavy atom. The smallest absolute Gasteiger partial charge is 0.255 e. The second-order valence-corrected chi connectivity index (χ2v) is 8.50. The number of rotatable bonds is 8. The molecule has 0 radical (unpaired) electrons. The van der Waals surface area contributed by atoms with Crippen LogP contribution in [0, 0.1) is 0 Å². The molecule has 172 valence electrons. The van der Waals surface area contributed by atoms with Crippen LogP contribution in [0.2, 0.25) is 0 Å². The van der Waals surface area contributed by atoms with Crippen LogP contribution < -0.4 is 20.1 Å². The lowest BCUT2D eigenvalue weighted by molar-refractivity contribution is -0.113. The number of methoxy groups -OCH3 is 2. The SMILES string of the molecule is COc1ccc(C(=O)Nc2cccc(SCC(=O)Nc3ccc4ccccc4c3)c2)cc1OC. The number of fused-ring (bicyclic) bond motifs is 1. The topological polar surface area (TPSA) is 76.7 Å². The third kappa shape index (κ3) is 5.68. The standard InChI is InChI=1S/C27H24N2O4S/c1-32-24-13-11-20(15-25(24)33-2)27(31)29-21-8-5-9-23(16-21)34-17-26(30)28-22-12-10-18-6-3-4-7-19(18)14-22/h3-16H,17H2,1-2H3,(H,28,30)(H,29,31). The molecular formula is C27H24N2O4S. The fraction of sp³-hybridized carbons (Fsp3) is 0.111. The van der Waals surface area contributed by atoms with E-state index in [1.807, 2.05) is 60.7 Å². The van der Waals surface area contributed by atoms with Gasteiger partial charge < -0.3 is 20.1 Å². The summed E-state index contributed by atoms with van der Waals surface area (Å²) in [6, 6.07) is 26.2. The van der Waals surface area contributed by atoms with Gasteiger partial charge in [0.2, 0.25) is 5.91 Å². The van der Waals surface area contributed by atoms with E-state index in [1.165, 1.54) is 18.9 Å². The molecule has 0 bridgehead atoms. The quantitative estimate of drug-likeness (QED) is 0.315. The number of amides is 2. The average Bonchev–Trinajstić information content (AvgIpc) is 2.87. The van der Waals surface area contributed by atoms with Crippen molar-refractivity contribution >= 4 is 45.7 Å². The highest BCUT2D eigenvalue weighted by atomic mass is 32.2. The number of carbonyl (C=O) groups is 2. The van der Waals surface area contributed by atoms with Crippen LogP contribution in [-0.4, -0.2) is 31.8 Å². The minimum absolute atomic E-state index is 0.0972. The number of thioether (sulfide) groups is 1. The van der Waals surface area contributed by atoms with Crippen LogP contribution in [-0.2, 0) is 4.79 Å². The molecule has 0 heterocycles. The number of carbonyl (C=O) groups excluding carboxylic acids is 2. The fourth-order valence-electron chi connectivity index (χ4n) is 3.46. The van der Waals surface area contributed by atoms with E-state index in [2.05, 4.69) is 10.6 Å². The Morgan fingerprint density at radius 3 is 2.29 bits per heavy atom. The number of hydrogen-bond donors (Lipinski definition) is 2. The van der Waals surface area contributed by atoms with E-state index < -0.39 is 0 Å². The Labute approximate surface area is 202 Å². The lowest BCUT2D eigenvalue weighted by atomic mass is 10.1. The number of hydrogen-bond acceptors (Lipinski definition) is 5. The van der Waals surface area contributed by atoms with Crippen LogP contribution in [0.15, 0.2) is 89.8 Å². The molecule has 34 heavy (non-hydrogen) atoms. The van der Waals surface area contributed by atoms with Crippen molar-refractivity contribution < 1.29 is 19.1 Å². The Bertz CT molecular complexity index is 1340. The molecule has 0 unspecified atom stereocenters. The summed E-state index contributed by atoms with van der Waals surface area (Å²) >= 11 is 1.40. The zero-order valence-electron chi connectivity index (χ0n) is 18.8. The van der Waals surface area contributed by atoms with Gasteiger partial charge in [0, 0.05) is 21.8 Å². The van der Waals surface area contributed by atoms with Crippen molar-refractivity contribution in [3.8, 4) is 11.5 Å². The van der Waals surface area contributed by atoms with Gasteiger partial charge in [0.15, 0.2) is 11.5 Å². The summed E-state index contributed by atoms with van der Waals surface area (Å²) in [5, 5.41) is 8.03. The molecule has 0 saturated carbocycles. The first kappa shape index (κ1) is 23.2. The highest BCUT2D eigenvalue weighted by Crippen LogP contribution is 2.28. The Kier molecular flexibility index (Phi) is 7.34. The van der Waals surface area contributed by atoms with Gasteiger partial charge in [-0.25, -0.2) is 0 Å². The average molecular weight is 473 g/mol. The predicted octanol–water partition coefficient (Wildman–Crippen LogP) is 5.84. The van der Waals surface area contributed by atoms with E-state index in [-0.39, 0.29) is 17.6 Å². The molecule has 0 atom stereocenters. The summed E-state index contributed by atoms with van der Waals surface area (Å²) in [6.45, 7) is 0. The van der Waals surface area contributed by atoms with Gasteiger partial charge in [0.25, 0.3) is 5.91 Å². The van der Waals surface area contributed by atoms with Gasteiger partial charge in [-0.1, -0.05) is 36.4 Å². The molecule has 2 N–H and O–H groups in total. The predicted molar refractivity (Wildman–Crippen MR) is 137 cm³/mol. The summed E-state index contributed by atoms with van der Waals surface area (Å²) in [6.07, 6.45) is 0. The van der Waals surface area contributed by atoms with E-state index in [0.29, 0.717) is 22.7 Å². The fourth-order valence-corrected chi connectivity index (χ4v) is 4.21. The summed E-state index contributed by atoms with van der Waals surface area (Å²) in [4.78, 5) is 26.0. The Hall–Kier alpha value is -3.97. The van der Waals surface area contributed by atoms with Crippen molar-refractivity contribution in [2.45, 2.75) is 4.90 Å². The van der Waals surface area contributed by atoms with Gasteiger partial charge in [-0.15, -0.1) is 11.8 Å². The zero-order chi connectivity index (χ0) is 23.9. The first-order valence-electron chi connectivity index (χ1n) is 10.6. The molecule has 6 nitrogen and oxygen atoms in total. The van der Waals surface area contributed by atoms with E-state index in [1.54, 1.807) is 31.4 Å². The molecule has 7 heteroatoms. The lowest BCUT2D eigenvalue weighted by Gasteiger charge is -2.11. The summed E-state index contributed by atoms with van der Waals surface area (Å²) in [5.41, 5.74) is 1.85. The number of benzene rings is 4. The van der Waals surface area contributed by atoms with Crippen molar-refractivity contribution in [1.29, 1.82) is 0 Å². The minimum Gasteiger partial charge on any atom is -0.493 e. The molecule has 4 aromatic rings. The number of nitrogens with one attached hydrogen (secondary N) is 2. The van der Waals surface area contributed by atoms with Crippen LogP contribution in [0.4, 0.5) is 11.4 Å². The van der Waals surface area contributed by atoms with Crippen molar-refractivity contribution in [3.63, 3.8) is 0 Å². The molecular weight excluding hydrogens is 448 g/mol. The molecule has 0 fully saturated rings. The molecule has 0 aliphatic carbocycles. The Morgan fingerprint density at radius 1 is 0.735 bits per heavy atom. The second-order valence-electron chi connectivity index (χ2n) is 7.45. The first-order chi connectivity index (χ1) is 16.6. The molecule has 0 spiro atoms. The molecule has 0 saturated heterocycles. The zero-order valence-corrected chi connectivity index (χ0v) is 19.6. The first-order valence-corrected chi connectivity index (χ1v) is 11.6. The van der Waals surface area contributed by atoms with Crippen molar-refractivity contribution in [1.82, 2.24) is 0 Å². The number of ether oxygens (including phenoxy) is 2. The molecule has 4 aromatic carbocycles. The second kappa shape index (κ2) is 10.8. The highest BCUT2D eigenvalue weighted by Gasteiger charge is 2.12. The molecule has 2 amide bonds. The van der Waals surface area contributed by atoms with Gasteiger partial charge in [-0.05, 0) is 59.3 Å². The maximum absolute atomic E-state index is 12.7. The maximum Gasteiger partial charge on any atom is 0.255 e. The summed E-state index contributed by atoms with van der Waals surface area (Å²) in [5.74, 6) is 0.924. The van der Waals surface area contributed by atoms with Crippen molar-refractivity contribution in [2.75, 3.05) is 30.6 Å². The third-order valence-corrected chi connectivity index (χ3v) is 6.13. The largest absolute Gasteiger partial charge is 0.493 e. The summed E-state index contributed by atoms with van der Waals surface area (Å²) < 4.78 is 10.5. The third-order valence-electron chi connectivity index (χ3n) is 5.14. The van der Waals surface area contributed by atoms with E-state index in [4.69, 9.17) is 9.47 Å². The lowest BCUT2D eigenvalue weighted by Crippen LogP contribution is -2.14. The van der Waals surface area contributed by atoms with E-state index >= 15 is 0 Å². The Balaban J connectivity index is 1.35. The highest BCUT2D eigenvalue weighted by molar-refractivity contribution is 8.00. The summed E-state index contributed by atoms with van der Waals surface area (Å²) in [7, 11) is 3.07. The molecule has 0 aliphatic rings. The van der Waals surface area contributed by atoms with Gasteiger partial charge in [-0.3, -0.25) is 9.59 Å². The van der Waals surface area contributed by atoms with Crippen LogP contribution in [0.25, 0.3) is 10.8 Å². The van der Waals surface area contributed by atoms with Crippen LogP contribution in [0.3, 0.4) is 0 Å². The minimum atomic E-state index is -0.267. The number of anilines is 2. The van der Waals surface area contributed by atoms with Gasteiger partial charge >= 0.3 is 0 Å². The van der Waals surface area contributed by atoms with E-state index in [0.717, 1.165) is 21.4 Å². The molecule has 0 aromatic heterocycles. The van der Waals surface area contributed by atoms with Gasteiger partial charge in [0.1, 0.15) is 0 Å². The van der Waals surface area contributed by atoms with Gasteiger partial charge in [0.05, 0.1) is 20.0 Å². The van der Waals surface area contributed by atoms with Crippen LogP contribution in [0.5, 0.6) is 11.5 Å². The molecule has 0 aliphatic heterocycles. The van der Waals surface area contributed by atoms with Crippen LogP contribution >= 0.6 is 11.8 Å². The molecule has 4 rings (SSSR count). The van der Waals surface area contributed by atoms with Crippen molar-refractivity contribution in [3.05, 3.63) is 90.5 Å².